The first-order valence-corrected chi connectivity index (χ1v) is 2.84. The highest BCUT2D eigenvalue weighted by molar-refractivity contribution is 5.78. The molecule has 5 N–H and O–H groups in total. The van der Waals surface area contributed by atoms with Gasteiger partial charge in [-0.1, -0.05) is 0 Å². The summed E-state index contributed by atoms with van der Waals surface area (Å²) in [5, 5.41) is 5.71. The molecule has 1 aromatic heterocycles. The maximum absolute atomic E-state index is 10.5. The normalized spacial score (nSPS) is 9.09. The maximum Gasteiger partial charge on any atom is 0.264 e. The molecule has 0 aliphatic heterocycles. The first kappa shape index (κ1) is 7.26. The monoisotopic (exact) mass is 153 g/mol. The Balaban J connectivity index is 3.00. The molecule has 0 aliphatic carbocycles. The molecule has 0 radical (unpaired) electrons. The molecule has 11 heavy (non-hydrogen) atoms. The van der Waals surface area contributed by atoms with Crippen LogP contribution in [-0.4, -0.2) is 16.2 Å². The highest BCUT2D eigenvalue weighted by Crippen LogP contribution is 1.99. The zero-order valence-electron chi connectivity index (χ0n) is 5.61. The van der Waals surface area contributed by atoms with Crippen LogP contribution < -0.4 is 17.0 Å². The summed E-state index contributed by atoms with van der Waals surface area (Å²) in [5.74, 6) is 0.189. The molecule has 0 spiro atoms. The summed E-state index contributed by atoms with van der Waals surface area (Å²) in [7, 11) is 0. The fraction of sp³-hybridized carbons (Fsp3) is 0. The van der Waals surface area contributed by atoms with E-state index >= 15 is 0 Å². The summed E-state index contributed by atoms with van der Waals surface area (Å²) in [6.07, 6.45) is 0. The molecule has 0 aromatic carbocycles. The van der Waals surface area contributed by atoms with E-state index in [0.29, 0.717) is 0 Å². The quantitative estimate of drug-likeness (QED) is 0.343. The molecule has 0 unspecified atom stereocenters. The van der Waals surface area contributed by atoms with Gasteiger partial charge in [0.1, 0.15) is 0 Å². The van der Waals surface area contributed by atoms with Crippen LogP contribution in [0.4, 0.5) is 5.82 Å². The van der Waals surface area contributed by atoms with Crippen molar-refractivity contribution in [1.82, 2.24) is 10.2 Å². The second-order valence-electron chi connectivity index (χ2n) is 1.82. The third-order valence-electron chi connectivity index (χ3n) is 0.908. The summed E-state index contributed by atoms with van der Waals surface area (Å²) < 4.78 is 0. The van der Waals surface area contributed by atoms with Gasteiger partial charge >= 0.3 is 0 Å². The average Bonchev–Trinajstić information content (AvgIpc) is 1.93. The zero-order chi connectivity index (χ0) is 8.27. The predicted molar refractivity (Wildman–Crippen MR) is 40.3 cm³/mol. The van der Waals surface area contributed by atoms with Gasteiger partial charge in [0.25, 0.3) is 5.56 Å². The molecular formula is C5H7N5O. The fourth-order valence-corrected chi connectivity index (χ4v) is 0.532. The number of H-pyrrole nitrogens is 1. The van der Waals surface area contributed by atoms with E-state index in [1.54, 1.807) is 0 Å². The van der Waals surface area contributed by atoms with E-state index in [1.165, 1.54) is 12.1 Å². The van der Waals surface area contributed by atoms with E-state index in [4.69, 9.17) is 11.5 Å². The Hall–Kier alpha value is -1.85. The van der Waals surface area contributed by atoms with Crippen molar-refractivity contribution in [3.05, 3.63) is 22.5 Å². The van der Waals surface area contributed by atoms with Crippen molar-refractivity contribution in [2.75, 3.05) is 0 Å². The van der Waals surface area contributed by atoms with Gasteiger partial charge < -0.3 is 11.5 Å². The van der Waals surface area contributed by atoms with E-state index in [1.807, 2.05) is 0 Å². The molecule has 0 fully saturated rings. The van der Waals surface area contributed by atoms with Crippen molar-refractivity contribution < 1.29 is 0 Å². The second-order valence-corrected chi connectivity index (χ2v) is 1.82. The molecule has 0 saturated heterocycles. The molecule has 0 aliphatic rings. The number of nitrogens with zero attached hydrogens (tertiary/aromatic N) is 2. The summed E-state index contributed by atoms with van der Waals surface area (Å²) in [5.41, 5.74) is 9.82. The SMILES string of the molecule is NC(N)=Nc1ccc(=O)[nH]n1. The number of nitrogens with two attached hydrogens (primary N) is 2. The number of aromatic nitrogens is 2. The van der Waals surface area contributed by atoms with E-state index < -0.39 is 0 Å². The van der Waals surface area contributed by atoms with Gasteiger partial charge in [-0.05, 0) is 6.07 Å². The van der Waals surface area contributed by atoms with Crippen LogP contribution in [0.2, 0.25) is 0 Å². The summed E-state index contributed by atoms with van der Waals surface area (Å²) >= 11 is 0. The van der Waals surface area contributed by atoms with Crippen LogP contribution >= 0.6 is 0 Å². The Kier molecular flexibility index (Phi) is 1.86. The molecular weight excluding hydrogens is 146 g/mol. The predicted octanol–water partition coefficient (Wildman–Crippen LogP) is -1.33. The minimum absolute atomic E-state index is 0.0930. The molecule has 6 nitrogen and oxygen atoms in total. The Morgan fingerprint density at radius 2 is 2.27 bits per heavy atom. The van der Waals surface area contributed by atoms with Crippen molar-refractivity contribution in [2.45, 2.75) is 0 Å². The molecule has 1 aromatic rings. The van der Waals surface area contributed by atoms with Gasteiger partial charge in [0.2, 0.25) is 0 Å². The molecule has 6 heteroatoms. The Morgan fingerprint density at radius 1 is 1.55 bits per heavy atom. The third kappa shape index (κ3) is 2.09. The van der Waals surface area contributed by atoms with Crippen molar-refractivity contribution in [3.63, 3.8) is 0 Å². The lowest BCUT2D eigenvalue weighted by Gasteiger charge is -1.90. The van der Waals surface area contributed by atoms with E-state index in [-0.39, 0.29) is 17.3 Å². The zero-order valence-corrected chi connectivity index (χ0v) is 5.61. The van der Waals surface area contributed by atoms with Gasteiger partial charge in [-0.2, -0.15) is 10.1 Å². The lowest BCUT2D eigenvalue weighted by molar-refractivity contribution is 0.983. The van der Waals surface area contributed by atoms with Gasteiger partial charge in [0.15, 0.2) is 11.8 Å². The van der Waals surface area contributed by atoms with Crippen LogP contribution in [0.25, 0.3) is 0 Å². The second kappa shape index (κ2) is 2.82. The summed E-state index contributed by atoms with van der Waals surface area (Å²) in [4.78, 5) is 14.1. The fourth-order valence-electron chi connectivity index (χ4n) is 0.532. The van der Waals surface area contributed by atoms with Crippen molar-refractivity contribution in [3.8, 4) is 0 Å². The highest BCUT2D eigenvalue weighted by Gasteiger charge is 1.89. The van der Waals surface area contributed by atoms with Gasteiger partial charge in [-0.15, -0.1) is 0 Å². The molecule has 0 bridgehead atoms. The minimum Gasteiger partial charge on any atom is -0.370 e. The number of aromatic amines is 1. The van der Waals surface area contributed by atoms with E-state index in [9.17, 15) is 4.79 Å². The van der Waals surface area contributed by atoms with E-state index in [2.05, 4.69) is 15.2 Å². The van der Waals surface area contributed by atoms with Crippen molar-refractivity contribution in [1.29, 1.82) is 0 Å². The standard InChI is InChI=1S/C5H7N5O/c6-5(7)8-3-1-2-4(11)10-9-3/h1-2H,(H,10,11)(H4,6,7,8,9). The van der Waals surface area contributed by atoms with Gasteiger partial charge in [-0.3, -0.25) is 4.79 Å². The lowest BCUT2D eigenvalue weighted by Crippen LogP contribution is -2.22. The van der Waals surface area contributed by atoms with Crippen LogP contribution in [0, 0.1) is 0 Å². The maximum atomic E-state index is 10.5. The number of nitrogens with one attached hydrogen (secondary N) is 1. The molecule has 1 heterocycles. The first-order chi connectivity index (χ1) is 5.18. The number of aliphatic imine (C=N–C) groups is 1. The molecule has 0 atom stereocenters. The number of hydrogen-bond acceptors (Lipinski definition) is 3. The number of hydrogen-bond donors (Lipinski definition) is 3. The summed E-state index contributed by atoms with van der Waals surface area (Å²) in [6.45, 7) is 0. The number of rotatable bonds is 1. The van der Waals surface area contributed by atoms with Crippen molar-refractivity contribution in [2.24, 2.45) is 16.5 Å². The number of guanidine groups is 1. The first-order valence-electron chi connectivity index (χ1n) is 2.84. The highest BCUT2D eigenvalue weighted by atomic mass is 16.1. The van der Waals surface area contributed by atoms with E-state index in [0.717, 1.165) is 0 Å². The largest absolute Gasteiger partial charge is 0.370 e. The van der Waals surface area contributed by atoms with Crippen LogP contribution in [0.5, 0.6) is 0 Å². The summed E-state index contributed by atoms with van der Waals surface area (Å²) in [6, 6.07) is 2.70. The Morgan fingerprint density at radius 3 is 2.73 bits per heavy atom. The van der Waals surface area contributed by atoms with Crippen molar-refractivity contribution >= 4 is 11.8 Å². The minimum atomic E-state index is -0.292. The molecule has 58 valence electrons. The van der Waals surface area contributed by atoms with Crippen LogP contribution in [0.1, 0.15) is 0 Å². The van der Waals surface area contributed by atoms with Crippen LogP contribution in [0.15, 0.2) is 21.9 Å². The van der Waals surface area contributed by atoms with Crippen LogP contribution in [0.3, 0.4) is 0 Å². The molecule has 0 saturated carbocycles. The lowest BCUT2D eigenvalue weighted by atomic mass is 10.5. The average molecular weight is 153 g/mol. The van der Waals surface area contributed by atoms with Crippen LogP contribution in [-0.2, 0) is 0 Å². The van der Waals surface area contributed by atoms with Gasteiger partial charge in [0.05, 0.1) is 0 Å². The Bertz CT molecular complexity index is 303. The molecule has 1 rings (SSSR count). The van der Waals surface area contributed by atoms with Gasteiger partial charge in [0, 0.05) is 6.07 Å². The Labute approximate surface area is 61.9 Å². The third-order valence-corrected chi connectivity index (χ3v) is 0.908. The van der Waals surface area contributed by atoms with Gasteiger partial charge in [-0.25, -0.2) is 5.10 Å². The molecule has 0 amide bonds. The smallest absolute Gasteiger partial charge is 0.264 e. The topological polar surface area (TPSA) is 110 Å².